The van der Waals surface area contributed by atoms with Crippen LogP contribution < -0.4 is 10.4 Å². The Bertz CT molecular complexity index is 3090. The van der Waals surface area contributed by atoms with Crippen molar-refractivity contribution in [2.45, 2.75) is 13.3 Å². The molecule has 0 aliphatic heterocycles. The maximum Gasteiger partial charge on any atom is 0.143 e. The fourth-order valence-corrected chi connectivity index (χ4v) is 8.78. The van der Waals surface area contributed by atoms with Gasteiger partial charge < -0.3 is 8.83 Å². The molecule has 0 N–H and O–H groups in total. The van der Waals surface area contributed by atoms with E-state index >= 15 is 0 Å². The van der Waals surface area contributed by atoms with Crippen molar-refractivity contribution in [3.8, 4) is 0 Å². The minimum absolute atomic E-state index is 0.197. The van der Waals surface area contributed by atoms with E-state index in [0.717, 1.165) is 55.7 Å². The Balaban J connectivity index is 1.19. The largest absolute Gasteiger partial charge is 0.456 e. The van der Waals surface area contributed by atoms with E-state index in [1.165, 1.54) is 54.4 Å². The molecule has 0 fully saturated rings. The van der Waals surface area contributed by atoms with Crippen molar-refractivity contribution >= 4 is 76.6 Å². The van der Waals surface area contributed by atoms with Crippen LogP contribution in [0.4, 0.5) is 0 Å². The maximum atomic E-state index is 6.58. The smallest absolute Gasteiger partial charge is 0.143 e. The van der Waals surface area contributed by atoms with Crippen LogP contribution in [0, 0.1) is 5.41 Å². The summed E-state index contributed by atoms with van der Waals surface area (Å²) >= 11 is 0. The van der Waals surface area contributed by atoms with Crippen molar-refractivity contribution in [3.63, 3.8) is 0 Å². The van der Waals surface area contributed by atoms with Crippen LogP contribution in [-0.4, -0.2) is 0 Å². The topological polar surface area (TPSA) is 26.3 Å². The molecule has 2 aromatic heterocycles. The lowest BCUT2D eigenvalue weighted by Crippen LogP contribution is -2.42. The van der Waals surface area contributed by atoms with Crippen LogP contribution in [0.1, 0.15) is 24.5 Å². The first kappa shape index (κ1) is 26.9. The van der Waals surface area contributed by atoms with Crippen LogP contribution in [0.25, 0.3) is 76.6 Å². The minimum Gasteiger partial charge on any atom is -0.456 e. The summed E-state index contributed by atoms with van der Waals surface area (Å²) < 4.78 is 13.1. The van der Waals surface area contributed by atoms with Crippen molar-refractivity contribution in [1.82, 2.24) is 0 Å². The number of fused-ring (bicyclic) bond motifs is 11. The van der Waals surface area contributed by atoms with E-state index in [1.54, 1.807) is 0 Å². The number of rotatable bonds is 2. The number of benzene rings is 7. The van der Waals surface area contributed by atoms with Crippen LogP contribution in [0.15, 0.2) is 166 Å². The van der Waals surface area contributed by atoms with Crippen molar-refractivity contribution in [1.29, 1.82) is 0 Å². The summed E-state index contributed by atoms with van der Waals surface area (Å²) in [5.41, 5.74) is 9.89. The van der Waals surface area contributed by atoms with Crippen LogP contribution in [0.5, 0.6) is 0 Å². The number of furan rings is 2. The van der Waals surface area contributed by atoms with Gasteiger partial charge in [-0.2, -0.15) is 0 Å². The Hall–Kier alpha value is -6.12. The van der Waals surface area contributed by atoms with Gasteiger partial charge in [0.05, 0.1) is 0 Å². The highest BCUT2D eigenvalue weighted by Gasteiger charge is 2.39. The molecule has 2 nitrogen and oxygen atoms in total. The van der Waals surface area contributed by atoms with Gasteiger partial charge in [-0.15, -0.1) is 0 Å². The van der Waals surface area contributed by atoms with Gasteiger partial charge in [-0.3, -0.25) is 0 Å². The molecule has 9 aromatic rings. The summed E-state index contributed by atoms with van der Waals surface area (Å²) in [5.74, 6) is 0. The molecule has 0 bridgehead atoms. The van der Waals surface area contributed by atoms with Crippen molar-refractivity contribution in [3.05, 3.63) is 179 Å². The van der Waals surface area contributed by atoms with Gasteiger partial charge in [-0.05, 0) is 97.3 Å². The molecule has 1 atom stereocenters. The maximum absolute atomic E-state index is 6.58. The molecule has 11 rings (SSSR count). The molecule has 49 heavy (non-hydrogen) atoms. The Morgan fingerprint density at radius 3 is 2.10 bits per heavy atom. The highest BCUT2D eigenvalue weighted by molar-refractivity contribution is 6.19. The van der Waals surface area contributed by atoms with Crippen LogP contribution >= 0.6 is 0 Å². The molecule has 0 spiro atoms. The SMILES string of the molecule is CC12CC=CC=C1C(c1ccc3oc4cc5c(cc4c3c1)oc1c3ccccc3ccc51)=c1ccccc1=C2c1ccc2ccccc2c1. The molecule has 0 saturated carbocycles. The third kappa shape index (κ3) is 3.72. The zero-order valence-electron chi connectivity index (χ0n) is 27.0. The molecule has 230 valence electrons. The lowest BCUT2D eigenvalue weighted by Gasteiger charge is -2.40. The Morgan fingerprint density at radius 1 is 0.510 bits per heavy atom. The predicted molar refractivity (Wildman–Crippen MR) is 203 cm³/mol. The van der Waals surface area contributed by atoms with Gasteiger partial charge in [-0.1, -0.05) is 122 Å². The van der Waals surface area contributed by atoms with E-state index in [-0.39, 0.29) is 5.41 Å². The van der Waals surface area contributed by atoms with E-state index in [9.17, 15) is 0 Å². The molecule has 2 aliphatic rings. The van der Waals surface area contributed by atoms with E-state index in [0.29, 0.717) is 0 Å². The fourth-order valence-electron chi connectivity index (χ4n) is 8.78. The van der Waals surface area contributed by atoms with Crippen molar-refractivity contribution in [2.75, 3.05) is 0 Å². The molecule has 0 amide bonds. The minimum atomic E-state index is -0.197. The van der Waals surface area contributed by atoms with E-state index in [4.69, 9.17) is 8.83 Å². The van der Waals surface area contributed by atoms with Gasteiger partial charge in [-0.25, -0.2) is 0 Å². The summed E-state index contributed by atoms with van der Waals surface area (Å²) in [6.07, 6.45) is 7.84. The standard InChI is InChI=1S/C47H30O2/c1-47-23-9-8-16-40(47)44(34-14-6-7-15-35(34)45(47)32-18-17-28-10-2-3-12-30(28)24-32)31-20-22-41-37(25-31)39-27-43-38(26-42(39)48-41)36-21-19-29-11-4-5-13-33(29)46(36)49-43/h2-22,24-27H,23H2,1H3. The predicted octanol–water partition coefficient (Wildman–Crippen LogP) is 11.1. The van der Waals surface area contributed by atoms with Crippen LogP contribution in [0.2, 0.25) is 0 Å². The van der Waals surface area contributed by atoms with E-state index in [1.807, 2.05) is 0 Å². The summed E-state index contributed by atoms with van der Waals surface area (Å²) in [5, 5.41) is 11.8. The zero-order valence-corrected chi connectivity index (χ0v) is 27.0. The second-order valence-electron chi connectivity index (χ2n) is 13.8. The first-order valence-electron chi connectivity index (χ1n) is 17.1. The quantitative estimate of drug-likeness (QED) is 0.191. The summed E-state index contributed by atoms with van der Waals surface area (Å²) in [4.78, 5) is 0. The molecule has 0 radical (unpaired) electrons. The van der Waals surface area contributed by atoms with Gasteiger partial charge in [0, 0.05) is 32.3 Å². The second kappa shape index (κ2) is 9.71. The van der Waals surface area contributed by atoms with E-state index < -0.39 is 0 Å². The van der Waals surface area contributed by atoms with Gasteiger partial charge in [0.25, 0.3) is 0 Å². The Labute approximate surface area is 282 Å². The first-order chi connectivity index (χ1) is 24.1. The number of hydrogen-bond donors (Lipinski definition) is 0. The molecule has 2 heteroatoms. The molecule has 7 aromatic carbocycles. The van der Waals surface area contributed by atoms with Gasteiger partial charge in [0.2, 0.25) is 0 Å². The number of hydrogen-bond acceptors (Lipinski definition) is 2. The highest BCUT2D eigenvalue weighted by Crippen LogP contribution is 2.51. The fraction of sp³-hybridized carbons (Fsp3) is 0.0638. The van der Waals surface area contributed by atoms with Crippen molar-refractivity contribution in [2.24, 2.45) is 5.41 Å². The number of allylic oxidation sites excluding steroid dienone is 4. The zero-order chi connectivity index (χ0) is 32.3. The summed E-state index contributed by atoms with van der Waals surface area (Å²) in [6.45, 7) is 2.43. The highest BCUT2D eigenvalue weighted by atomic mass is 16.3. The molecule has 1 unspecified atom stereocenters. The van der Waals surface area contributed by atoms with Crippen LogP contribution in [0.3, 0.4) is 0 Å². The van der Waals surface area contributed by atoms with Gasteiger partial charge in [0.15, 0.2) is 0 Å². The summed E-state index contributed by atoms with van der Waals surface area (Å²) in [6, 6.07) is 48.4. The monoisotopic (exact) mass is 626 g/mol. The average Bonchev–Trinajstić information content (AvgIpc) is 3.69. The molecular weight excluding hydrogens is 597 g/mol. The van der Waals surface area contributed by atoms with Crippen LogP contribution in [-0.2, 0) is 0 Å². The van der Waals surface area contributed by atoms with Gasteiger partial charge >= 0.3 is 0 Å². The normalized spacial score (nSPS) is 17.4. The van der Waals surface area contributed by atoms with Crippen molar-refractivity contribution < 1.29 is 8.83 Å². The first-order valence-corrected chi connectivity index (χ1v) is 17.1. The Kier molecular flexibility index (Phi) is 5.33. The average molecular weight is 627 g/mol. The molecular formula is C47H30O2. The Morgan fingerprint density at radius 2 is 1.20 bits per heavy atom. The molecule has 2 heterocycles. The molecule has 2 aliphatic carbocycles. The third-order valence-electron chi connectivity index (χ3n) is 11.1. The lowest BCUT2D eigenvalue weighted by atomic mass is 9.62. The van der Waals surface area contributed by atoms with Gasteiger partial charge in [0.1, 0.15) is 22.3 Å². The van der Waals surface area contributed by atoms with E-state index in [2.05, 4.69) is 159 Å². The third-order valence-corrected chi connectivity index (χ3v) is 11.1. The summed E-state index contributed by atoms with van der Waals surface area (Å²) in [7, 11) is 0. The second-order valence-corrected chi connectivity index (χ2v) is 13.8. The molecule has 0 saturated heterocycles. The lowest BCUT2D eigenvalue weighted by molar-refractivity contribution is 0.547.